The summed E-state index contributed by atoms with van der Waals surface area (Å²) in [4.78, 5) is 14.3. The van der Waals surface area contributed by atoms with E-state index in [0.717, 1.165) is 29.9 Å². The van der Waals surface area contributed by atoms with Gasteiger partial charge in [-0.3, -0.25) is 0 Å². The Bertz CT molecular complexity index is 694. The predicted molar refractivity (Wildman–Crippen MR) is 79.5 cm³/mol. The third kappa shape index (κ3) is 2.62. The van der Waals surface area contributed by atoms with E-state index < -0.39 is 5.97 Å². The van der Waals surface area contributed by atoms with Crippen LogP contribution in [0, 0.1) is 5.82 Å². The van der Waals surface area contributed by atoms with Gasteiger partial charge in [0.2, 0.25) is 0 Å². The van der Waals surface area contributed by atoms with Crippen LogP contribution in [0.2, 0.25) is 0 Å². The zero-order valence-corrected chi connectivity index (χ0v) is 12.7. The normalized spacial score (nSPS) is 14.7. The lowest BCUT2D eigenvalue weighted by molar-refractivity contribution is 0.0516. The summed E-state index contributed by atoms with van der Waals surface area (Å²) in [6.45, 7) is 3.63. The van der Waals surface area contributed by atoms with Crippen LogP contribution in [0.15, 0.2) is 24.3 Å². The van der Waals surface area contributed by atoms with Gasteiger partial charge < -0.3 is 9.64 Å². The molecule has 116 valence electrons. The molecule has 0 radical (unpaired) electrons. The number of halogens is 1. The zero-order chi connectivity index (χ0) is 15.7. The number of benzene rings is 1. The van der Waals surface area contributed by atoms with Gasteiger partial charge in [-0.2, -0.15) is 5.10 Å². The van der Waals surface area contributed by atoms with Gasteiger partial charge in [0, 0.05) is 25.1 Å². The number of likely N-dealkylation sites (N-methyl/N-ethyl adjacent to an activating group) is 1. The van der Waals surface area contributed by atoms with Crippen LogP contribution in [-0.4, -0.2) is 40.8 Å². The Kier molecular flexibility index (Phi) is 3.94. The molecular weight excluding hydrogens is 285 g/mol. The van der Waals surface area contributed by atoms with Gasteiger partial charge in [0.1, 0.15) is 5.82 Å². The van der Waals surface area contributed by atoms with Gasteiger partial charge in [0.05, 0.1) is 18.0 Å². The number of fused-ring (bicyclic) bond motifs is 1. The van der Waals surface area contributed by atoms with Crippen LogP contribution in [0.25, 0.3) is 5.69 Å². The fraction of sp³-hybridized carbons (Fsp3) is 0.375. The molecule has 0 atom stereocenters. The van der Waals surface area contributed by atoms with Crippen molar-refractivity contribution in [1.29, 1.82) is 0 Å². The van der Waals surface area contributed by atoms with E-state index in [2.05, 4.69) is 10.00 Å². The molecule has 6 heteroatoms. The fourth-order valence-corrected chi connectivity index (χ4v) is 2.71. The molecule has 0 fully saturated rings. The monoisotopic (exact) mass is 303 g/mol. The lowest BCUT2D eigenvalue weighted by Gasteiger charge is -2.23. The second-order valence-electron chi connectivity index (χ2n) is 5.37. The largest absolute Gasteiger partial charge is 0.461 e. The SMILES string of the molecule is CCOC(=O)c1nn(-c2ccc(F)cc2)c2c1CN(C)CC2. The molecule has 1 aromatic heterocycles. The molecule has 1 aromatic carbocycles. The van der Waals surface area contributed by atoms with Gasteiger partial charge in [-0.05, 0) is 38.2 Å². The molecule has 0 saturated heterocycles. The van der Waals surface area contributed by atoms with Crippen molar-refractivity contribution in [3.8, 4) is 5.69 Å². The fourth-order valence-electron chi connectivity index (χ4n) is 2.71. The summed E-state index contributed by atoms with van der Waals surface area (Å²) in [6.07, 6.45) is 0.787. The van der Waals surface area contributed by atoms with Crippen molar-refractivity contribution in [2.45, 2.75) is 19.9 Å². The Morgan fingerprint density at radius 2 is 2.09 bits per heavy atom. The topological polar surface area (TPSA) is 47.4 Å². The van der Waals surface area contributed by atoms with Crippen molar-refractivity contribution in [2.24, 2.45) is 0 Å². The van der Waals surface area contributed by atoms with Crippen LogP contribution >= 0.6 is 0 Å². The van der Waals surface area contributed by atoms with E-state index >= 15 is 0 Å². The first-order valence-electron chi connectivity index (χ1n) is 7.32. The number of carbonyl (C=O) groups is 1. The van der Waals surface area contributed by atoms with E-state index in [4.69, 9.17) is 4.74 Å². The van der Waals surface area contributed by atoms with Crippen molar-refractivity contribution >= 4 is 5.97 Å². The zero-order valence-electron chi connectivity index (χ0n) is 12.7. The van der Waals surface area contributed by atoms with Gasteiger partial charge >= 0.3 is 5.97 Å². The molecule has 5 nitrogen and oxygen atoms in total. The van der Waals surface area contributed by atoms with Crippen molar-refractivity contribution in [3.05, 3.63) is 47.0 Å². The predicted octanol–water partition coefficient (Wildman–Crippen LogP) is 2.18. The molecule has 2 aromatic rings. The molecule has 0 N–H and O–H groups in total. The maximum Gasteiger partial charge on any atom is 0.359 e. The summed E-state index contributed by atoms with van der Waals surface area (Å²) in [5, 5.41) is 4.44. The summed E-state index contributed by atoms with van der Waals surface area (Å²) >= 11 is 0. The highest BCUT2D eigenvalue weighted by molar-refractivity contribution is 5.89. The van der Waals surface area contributed by atoms with Crippen molar-refractivity contribution in [3.63, 3.8) is 0 Å². The first-order chi connectivity index (χ1) is 10.6. The lowest BCUT2D eigenvalue weighted by Crippen LogP contribution is -2.28. The van der Waals surface area contributed by atoms with Crippen LogP contribution in [0.4, 0.5) is 4.39 Å². The van der Waals surface area contributed by atoms with Gasteiger partial charge in [-0.1, -0.05) is 0 Å². The number of nitrogens with zero attached hydrogens (tertiary/aromatic N) is 3. The molecule has 0 amide bonds. The van der Waals surface area contributed by atoms with E-state index in [1.165, 1.54) is 12.1 Å². The van der Waals surface area contributed by atoms with Gasteiger partial charge in [0.15, 0.2) is 5.69 Å². The molecule has 2 heterocycles. The standard InChI is InChI=1S/C16H18FN3O2/c1-3-22-16(21)15-13-10-19(2)9-8-14(13)20(18-15)12-6-4-11(17)5-7-12/h4-7H,3,8-10H2,1-2H3. The van der Waals surface area contributed by atoms with Gasteiger partial charge in [0.25, 0.3) is 0 Å². The third-order valence-electron chi connectivity index (χ3n) is 3.79. The summed E-state index contributed by atoms with van der Waals surface area (Å²) in [6, 6.07) is 6.11. The Balaban J connectivity index is 2.09. The molecule has 1 aliphatic heterocycles. The Morgan fingerprint density at radius 1 is 1.36 bits per heavy atom. The number of hydrogen-bond donors (Lipinski definition) is 0. The highest BCUT2D eigenvalue weighted by Crippen LogP contribution is 2.25. The molecule has 0 spiro atoms. The van der Waals surface area contributed by atoms with Crippen LogP contribution in [-0.2, 0) is 17.7 Å². The van der Waals surface area contributed by atoms with Crippen LogP contribution in [0.3, 0.4) is 0 Å². The number of ether oxygens (including phenoxy) is 1. The van der Waals surface area contributed by atoms with E-state index in [1.54, 1.807) is 23.7 Å². The Hall–Kier alpha value is -2.21. The number of carbonyl (C=O) groups excluding carboxylic acids is 1. The smallest absolute Gasteiger partial charge is 0.359 e. The minimum absolute atomic E-state index is 0.296. The van der Waals surface area contributed by atoms with Crippen LogP contribution in [0.5, 0.6) is 0 Å². The number of hydrogen-bond acceptors (Lipinski definition) is 4. The molecule has 0 bridgehead atoms. The van der Waals surface area contributed by atoms with Gasteiger partial charge in [-0.25, -0.2) is 13.9 Å². The second kappa shape index (κ2) is 5.88. The van der Waals surface area contributed by atoms with Gasteiger partial charge in [-0.15, -0.1) is 0 Å². The van der Waals surface area contributed by atoms with Crippen molar-refractivity contribution in [1.82, 2.24) is 14.7 Å². The average molecular weight is 303 g/mol. The Morgan fingerprint density at radius 3 is 2.77 bits per heavy atom. The van der Waals surface area contributed by atoms with E-state index in [-0.39, 0.29) is 5.82 Å². The lowest BCUT2D eigenvalue weighted by atomic mass is 10.1. The van der Waals surface area contributed by atoms with Crippen LogP contribution in [0.1, 0.15) is 28.7 Å². The summed E-state index contributed by atoms with van der Waals surface area (Å²) in [7, 11) is 2.01. The molecule has 1 aliphatic rings. The quantitative estimate of drug-likeness (QED) is 0.815. The van der Waals surface area contributed by atoms with E-state index in [1.807, 2.05) is 7.05 Å². The first-order valence-corrected chi connectivity index (χ1v) is 7.32. The maximum absolute atomic E-state index is 13.1. The van der Waals surface area contributed by atoms with E-state index in [9.17, 15) is 9.18 Å². The Labute approximate surface area is 128 Å². The van der Waals surface area contributed by atoms with E-state index in [0.29, 0.717) is 18.8 Å². The van der Waals surface area contributed by atoms with Crippen molar-refractivity contribution < 1.29 is 13.9 Å². The third-order valence-corrected chi connectivity index (χ3v) is 3.79. The highest BCUT2D eigenvalue weighted by Gasteiger charge is 2.28. The molecule has 3 rings (SSSR count). The maximum atomic E-state index is 13.1. The first kappa shape index (κ1) is 14.7. The molecule has 0 saturated carbocycles. The number of rotatable bonds is 3. The minimum atomic E-state index is -0.407. The summed E-state index contributed by atoms with van der Waals surface area (Å²) in [5.41, 5.74) is 3.00. The molecule has 22 heavy (non-hydrogen) atoms. The second-order valence-corrected chi connectivity index (χ2v) is 5.37. The minimum Gasteiger partial charge on any atom is -0.461 e. The summed E-state index contributed by atoms with van der Waals surface area (Å²) < 4.78 is 20.0. The van der Waals surface area contributed by atoms with Crippen LogP contribution < -0.4 is 0 Å². The molecular formula is C16H18FN3O2. The highest BCUT2D eigenvalue weighted by atomic mass is 19.1. The average Bonchev–Trinajstić information content (AvgIpc) is 2.87. The molecule has 0 unspecified atom stereocenters. The number of esters is 1. The van der Waals surface area contributed by atoms with Crippen molar-refractivity contribution in [2.75, 3.05) is 20.2 Å². The number of aromatic nitrogens is 2. The molecule has 0 aliphatic carbocycles. The summed E-state index contributed by atoms with van der Waals surface area (Å²) in [5.74, 6) is -0.704.